The van der Waals surface area contributed by atoms with Gasteiger partial charge in [0.25, 0.3) is 5.91 Å². The molecule has 0 aromatic heterocycles. The predicted octanol–water partition coefficient (Wildman–Crippen LogP) is -0.540. The van der Waals surface area contributed by atoms with Gasteiger partial charge in [-0.05, 0) is 38.0 Å². The van der Waals surface area contributed by atoms with Gasteiger partial charge in [0.05, 0.1) is 6.61 Å². The second kappa shape index (κ2) is 8.76. The third-order valence-electron chi connectivity index (χ3n) is 4.50. The van der Waals surface area contributed by atoms with Crippen molar-refractivity contribution in [2.45, 2.75) is 50.6 Å². The molecule has 0 radical (unpaired) electrons. The van der Waals surface area contributed by atoms with Crippen LogP contribution in [-0.2, 0) is 24.3 Å². The van der Waals surface area contributed by atoms with Crippen LogP contribution in [0.4, 0.5) is 4.79 Å². The van der Waals surface area contributed by atoms with E-state index in [1.54, 1.807) is 5.48 Å². The monoisotopic (exact) mass is 380 g/mol. The molecule has 5 N–H and O–H groups in total. The molecule has 2 atom stereocenters. The van der Waals surface area contributed by atoms with Gasteiger partial charge in [0.1, 0.15) is 6.04 Å². The van der Waals surface area contributed by atoms with Gasteiger partial charge in [-0.1, -0.05) is 6.42 Å². The highest BCUT2D eigenvalue weighted by molar-refractivity contribution is 7.80. The molecule has 0 bridgehead atoms. The van der Waals surface area contributed by atoms with Crippen molar-refractivity contribution in [3.63, 3.8) is 0 Å². The van der Waals surface area contributed by atoms with Crippen LogP contribution < -0.4 is 16.7 Å². The summed E-state index contributed by atoms with van der Waals surface area (Å²) in [4.78, 5) is 30.5. The van der Waals surface area contributed by atoms with Crippen LogP contribution in [-0.4, -0.2) is 55.0 Å². The van der Waals surface area contributed by atoms with E-state index in [0.717, 1.165) is 30.6 Å². The quantitative estimate of drug-likeness (QED) is 0.338. The van der Waals surface area contributed by atoms with E-state index in [1.165, 1.54) is 0 Å². The Hall–Kier alpha value is -1.47. The van der Waals surface area contributed by atoms with E-state index in [1.807, 2.05) is 0 Å². The summed E-state index contributed by atoms with van der Waals surface area (Å²) in [6.07, 6.45) is 5.04. The van der Waals surface area contributed by atoms with Crippen LogP contribution in [0, 0.1) is 5.92 Å². The Labute approximate surface area is 146 Å². The number of nitrogens with two attached hydrogens (primary N) is 1. The zero-order valence-electron chi connectivity index (χ0n) is 13.7. The van der Waals surface area contributed by atoms with Crippen molar-refractivity contribution in [3.05, 3.63) is 0 Å². The highest BCUT2D eigenvalue weighted by Crippen LogP contribution is 2.28. The first-order valence-corrected chi connectivity index (χ1v) is 9.54. The molecule has 144 valence electrons. The predicted molar refractivity (Wildman–Crippen MR) is 84.9 cm³/mol. The van der Waals surface area contributed by atoms with Gasteiger partial charge in [0.2, 0.25) is 0 Å². The van der Waals surface area contributed by atoms with Crippen molar-refractivity contribution >= 4 is 22.3 Å². The SMILES string of the molecule is NC(CONC(=O)[C@@H]1CCCCN1C(=O)NOS(=O)(=O)O)C1CCC1. The van der Waals surface area contributed by atoms with Gasteiger partial charge in [-0.2, -0.15) is 13.9 Å². The summed E-state index contributed by atoms with van der Waals surface area (Å²) in [5.74, 6) is -0.117. The number of rotatable bonds is 7. The van der Waals surface area contributed by atoms with E-state index in [4.69, 9.17) is 15.1 Å². The lowest BCUT2D eigenvalue weighted by molar-refractivity contribution is -0.140. The van der Waals surface area contributed by atoms with Crippen LogP contribution in [0.15, 0.2) is 0 Å². The molecule has 1 unspecified atom stereocenters. The number of hydroxylamine groups is 2. The fourth-order valence-electron chi connectivity index (χ4n) is 2.88. The first-order chi connectivity index (χ1) is 11.8. The summed E-state index contributed by atoms with van der Waals surface area (Å²) in [5.41, 5.74) is 9.84. The number of hydrogen-bond donors (Lipinski definition) is 4. The zero-order chi connectivity index (χ0) is 18.4. The Bertz CT molecular complexity index is 581. The lowest BCUT2D eigenvalue weighted by atomic mass is 9.80. The van der Waals surface area contributed by atoms with Gasteiger partial charge < -0.3 is 10.6 Å². The number of hydrogen-bond acceptors (Lipinski definition) is 7. The molecule has 2 fully saturated rings. The third-order valence-corrected chi connectivity index (χ3v) is 4.80. The molecule has 0 spiro atoms. The third kappa shape index (κ3) is 6.08. The van der Waals surface area contributed by atoms with Crippen molar-refractivity contribution in [2.24, 2.45) is 11.7 Å². The van der Waals surface area contributed by atoms with Crippen molar-refractivity contribution in [1.82, 2.24) is 15.9 Å². The first kappa shape index (κ1) is 19.8. The van der Waals surface area contributed by atoms with Gasteiger partial charge in [-0.25, -0.2) is 10.3 Å². The molecule has 3 amide bonds. The summed E-state index contributed by atoms with van der Waals surface area (Å²) >= 11 is 0. The molecule has 1 saturated carbocycles. The van der Waals surface area contributed by atoms with E-state index < -0.39 is 28.4 Å². The Morgan fingerprint density at radius 3 is 2.52 bits per heavy atom. The van der Waals surface area contributed by atoms with Crippen molar-refractivity contribution in [3.8, 4) is 0 Å². The summed E-state index contributed by atoms with van der Waals surface area (Å²) < 4.78 is 33.3. The molecule has 12 heteroatoms. The fraction of sp³-hybridized carbons (Fsp3) is 0.846. The lowest BCUT2D eigenvalue weighted by Crippen LogP contribution is -2.55. The van der Waals surface area contributed by atoms with Crippen LogP contribution >= 0.6 is 0 Å². The number of nitrogens with one attached hydrogen (secondary N) is 2. The molecule has 1 saturated heterocycles. The number of likely N-dealkylation sites (tertiary alicyclic amines) is 1. The number of nitrogens with zero attached hydrogens (tertiary/aromatic N) is 1. The Morgan fingerprint density at radius 2 is 1.92 bits per heavy atom. The molecule has 0 aromatic carbocycles. The zero-order valence-corrected chi connectivity index (χ0v) is 14.5. The summed E-state index contributed by atoms with van der Waals surface area (Å²) in [7, 11) is -4.82. The minimum absolute atomic E-state index is 0.150. The molecule has 1 aliphatic carbocycles. The van der Waals surface area contributed by atoms with E-state index in [2.05, 4.69) is 9.76 Å². The van der Waals surface area contributed by atoms with Crippen LogP contribution in [0.1, 0.15) is 38.5 Å². The van der Waals surface area contributed by atoms with Gasteiger partial charge in [0, 0.05) is 12.6 Å². The highest BCUT2D eigenvalue weighted by atomic mass is 32.3. The molecule has 1 aliphatic heterocycles. The number of amides is 3. The lowest BCUT2D eigenvalue weighted by Gasteiger charge is -2.34. The van der Waals surface area contributed by atoms with Crippen LogP contribution in [0.3, 0.4) is 0 Å². The molecule has 2 rings (SSSR count). The molecule has 11 nitrogen and oxygen atoms in total. The summed E-state index contributed by atoms with van der Waals surface area (Å²) in [6, 6.07) is -1.93. The number of piperidine rings is 1. The van der Waals surface area contributed by atoms with Crippen LogP contribution in [0.2, 0.25) is 0 Å². The molecule has 1 heterocycles. The maximum absolute atomic E-state index is 12.2. The Morgan fingerprint density at radius 1 is 1.20 bits per heavy atom. The minimum atomic E-state index is -4.82. The van der Waals surface area contributed by atoms with Gasteiger partial charge >= 0.3 is 16.4 Å². The minimum Gasteiger partial charge on any atom is -0.325 e. The normalized spacial score (nSPS) is 22.8. The first-order valence-electron chi connectivity index (χ1n) is 8.17. The maximum atomic E-state index is 12.2. The van der Waals surface area contributed by atoms with E-state index in [0.29, 0.717) is 18.8 Å². The second-order valence-corrected chi connectivity index (χ2v) is 7.28. The molecular formula is C13H24N4O7S. The average molecular weight is 380 g/mol. The van der Waals surface area contributed by atoms with Crippen molar-refractivity contribution in [1.29, 1.82) is 0 Å². The van der Waals surface area contributed by atoms with Crippen molar-refractivity contribution in [2.75, 3.05) is 13.2 Å². The van der Waals surface area contributed by atoms with E-state index in [-0.39, 0.29) is 19.2 Å². The van der Waals surface area contributed by atoms with Crippen LogP contribution in [0.25, 0.3) is 0 Å². The molecule has 2 aliphatic rings. The Kier molecular flexibility index (Phi) is 6.95. The number of carbonyl (C=O) groups excluding carboxylic acids is 2. The van der Waals surface area contributed by atoms with Gasteiger partial charge in [-0.3, -0.25) is 14.2 Å². The maximum Gasteiger partial charge on any atom is 0.418 e. The second-order valence-electron chi connectivity index (χ2n) is 6.26. The fourth-order valence-corrected chi connectivity index (χ4v) is 3.05. The highest BCUT2D eigenvalue weighted by Gasteiger charge is 2.33. The van der Waals surface area contributed by atoms with Crippen molar-refractivity contribution < 1.29 is 31.7 Å². The molecule has 25 heavy (non-hydrogen) atoms. The van der Waals surface area contributed by atoms with Gasteiger partial charge in [0.15, 0.2) is 0 Å². The number of urea groups is 1. The molecule has 0 aromatic rings. The Balaban J connectivity index is 1.81. The van der Waals surface area contributed by atoms with Crippen LogP contribution in [0.5, 0.6) is 0 Å². The molecular weight excluding hydrogens is 356 g/mol. The van der Waals surface area contributed by atoms with E-state index >= 15 is 0 Å². The topological polar surface area (TPSA) is 160 Å². The number of carbonyl (C=O) groups is 2. The van der Waals surface area contributed by atoms with E-state index in [9.17, 15) is 18.0 Å². The average Bonchev–Trinajstić information content (AvgIpc) is 2.50. The smallest absolute Gasteiger partial charge is 0.325 e. The summed E-state index contributed by atoms with van der Waals surface area (Å²) in [5, 5.41) is 0. The van der Waals surface area contributed by atoms with Gasteiger partial charge in [-0.15, -0.1) is 4.28 Å². The summed E-state index contributed by atoms with van der Waals surface area (Å²) in [6.45, 7) is 0.418. The largest absolute Gasteiger partial charge is 0.418 e. The standard InChI is InChI=1S/C13H24N4O7S/c14-10(9-4-3-5-9)8-23-15-12(18)11-6-1-2-7-17(11)13(19)16-24-25(20,21)22/h9-11H,1-8,14H2,(H,15,18)(H,16,19)(H,20,21,22)/t10?,11-/m0/s1.